The van der Waals surface area contributed by atoms with Crippen molar-refractivity contribution in [1.29, 1.82) is 0 Å². The zero-order chi connectivity index (χ0) is 14.5. The Morgan fingerprint density at radius 3 is 2.47 bits per heavy atom. The van der Waals surface area contributed by atoms with Gasteiger partial charge >= 0.3 is 5.97 Å². The van der Waals surface area contributed by atoms with Crippen LogP contribution in [0, 0.1) is 5.92 Å². The van der Waals surface area contributed by atoms with Crippen LogP contribution in [0.4, 0.5) is 0 Å². The lowest BCUT2D eigenvalue weighted by atomic mass is 10.00. The molecule has 0 aromatic carbocycles. The first-order chi connectivity index (χ1) is 9.11. The molecule has 110 valence electrons. The van der Waals surface area contributed by atoms with Crippen molar-refractivity contribution in [3.63, 3.8) is 0 Å². The largest absolute Gasteiger partial charge is 0.461 e. The average Bonchev–Trinajstić information content (AvgIpc) is 2.38. The molecule has 0 radical (unpaired) electrons. The van der Waals surface area contributed by atoms with E-state index >= 15 is 0 Å². The Hall–Kier alpha value is -1.05. The van der Waals surface area contributed by atoms with Crippen LogP contribution < -0.4 is 0 Å². The van der Waals surface area contributed by atoms with Gasteiger partial charge in [-0.1, -0.05) is 50.5 Å². The van der Waals surface area contributed by atoms with E-state index in [0.717, 1.165) is 38.5 Å². The van der Waals surface area contributed by atoms with Crippen LogP contribution in [-0.4, -0.2) is 12.6 Å². The van der Waals surface area contributed by atoms with Crippen molar-refractivity contribution in [2.75, 3.05) is 6.61 Å². The van der Waals surface area contributed by atoms with Gasteiger partial charge in [0.2, 0.25) is 0 Å². The van der Waals surface area contributed by atoms with Crippen LogP contribution in [0.1, 0.15) is 66.2 Å². The number of allylic oxidation sites excluding steroid dienone is 3. The highest BCUT2D eigenvalue weighted by Gasteiger charge is 2.16. The fourth-order valence-corrected chi connectivity index (χ4v) is 1.84. The molecule has 0 aliphatic heterocycles. The molecule has 0 bridgehead atoms. The number of hydrogen-bond donors (Lipinski definition) is 0. The first kappa shape index (κ1) is 17.9. The third-order valence-electron chi connectivity index (χ3n) is 3.11. The summed E-state index contributed by atoms with van der Waals surface area (Å²) in [7, 11) is 0. The summed E-state index contributed by atoms with van der Waals surface area (Å²) in [6.07, 6.45) is 12.4. The van der Waals surface area contributed by atoms with E-state index < -0.39 is 0 Å². The maximum atomic E-state index is 11.8. The third kappa shape index (κ3) is 10.5. The van der Waals surface area contributed by atoms with Gasteiger partial charge in [-0.3, -0.25) is 4.79 Å². The van der Waals surface area contributed by atoms with Crippen molar-refractivity contribution in [2.24, 2.45) is 5.92 Å². The minimum atomic E-state index is -0.0371. The van der Waals surface area contributed by atoms with Crippen molar-refractivity contribution in [2.45, 2.75) is 66.2 Å². The van der Waals surface area contributed by atoms with Crippen LogP contribution >= 0.6 is 0 Å². The number of carbonyl (C=O) groups excluding carboxylic acids is 1. The molecule has 0 aromatic heterocycles. The molecule has 0 saturated carbocycles. The second-order valence-corrected chi connectivity index (χ2v) is 5.21. The van der Waals surface area contributed by atoms with Gasteiger partial charge in [0, 0.05) is 0 Å². The Balaban J connectivity index is 3.76. The van der Waals surface area contributed by atoms with E-state index in [0.29, 0.717) is 6.61 Å². The number of rotatable bonds is 10. The van der Waals surface area contributed by atoms with Crippen molar-refractivity contribution in [1.82, 2.24) is 0 Å². The Bertz CT molecular complexity index is 286. The van der Waals surface area contributed by atoms with Crippen molar-refractivity contribution < 1.29 is 9.53 Å². The van der Waals surface area contributed by atoms with Crippen molar-refractivity contribution >= 4 is 5.97 Å². The van der Waals surface area contributed by atoms with Crippen molar-refractivity contribution in [3.05, 3.63) is 23.8 Å². The van der Waals surface area contributed by atoms with Gasteiger partial charge in [0.15, 0.2) is 0 Å². The van der Waals surface area contributed by atoms with Crippen LogP contribution in [0.2, 0.25) is 0 Å². The predicted octanol–water partition coefficient (Wildman–Crippen LogP) is 5.05. The minimum absolute atomic E-state index is 0.0371. The summed E-state index contributed by atoms with van der Waals surface area (Å²) in [5.41, 5.74) is 1.35. The number of hydrogen-bond acceptors (Lipinski definition) is 2. The zero-order valence-electron chi connectivity index (χ0n) is 13.1. The van der Waals surface area contributed by atoms with Crippen LogP contribution in [-0.2, 0) is 9.53 Å². The van der Waals surface area contributed by atoms with Crippen LogP contribution in [0.5, 0.6) is 0 Å². The van der Waals surface area contributed by atoms with Crippen LogP contribution in [0.3, 0.4) is 0 Å². The van der Waals surface area contributed by atoms with E-state index in [4.69, 9.17) is 4.74 Å². The molecular formula is C17H30O2. The molecule has 1 unspecified atom stereocenters. The monoisotopic (exact) mass is 266 g/mol. The second kappa shape index (κ2) is 12.0. The molecule has 0 aromatic rings. The Kier molecular flexibility index (Phi) is 11.3. The molecule has 0 N–H and O–H groups in total. The van der Waals surface area contributed by atoms with Gasteiger partial charge in [0.25, 0.3) is 0 Å². The summed E-state index contributed by atoms with van der Waals surface area (Å²) < 4.78 is 5.28. The zero-order valence-corrected chi connectivity index (χ0v) is 13.1. The quantitative estimate of drug-likeness (QED) is 0.314. The summed E-state index contributed by atoms with van der Waals surface area (Å²) in [6.45, 7) is 8.82. The molecule has 0 spiro atoms. The highest BCUT2D eigenvalue weighted by molar-refractivity contribution is 5.72. The van der Waals surface area contributed by atoms with Gasteiger partial charge in [-0.05, 0) is 39.5 Å². The Labute approximate surface area is 118 Å². The smallest absolute Gasteiger partial charge is 0.309 e. The number of carbonyl (C=O) groups is 1. The number of esters is 1. The van der Waals surface area contributed by atoms with Gasteiger partial charge in [-0.25, -0.2) is 0 Å². The topological polar surface area (TPSA) is 26.3 Å². The number of ether oxygens (including phenoxy) is 1. The summed E-state index contributed by atoms with van der Waals surface area (Å²) in [5.74, 6) is 0.0453. The van der Waals surface area contributed by atoms with Crippen LogP contribution in [0.25, 0.3) is 0 Å². The predicted molar refractivity (Wildman–Crippen MR) is 82.1 cm³/mol. The summed E-state index contributed by atoms with van der Waals surface area (Å²) in [4.78, 5) is 11.8. The maximum Gasteiger partial charge on any atom is 0.309 e. The van der Waals surface area contributed by atoms with E-state index in [9.17, 15) is 4.79 Å². The van der Waals surface area contributed by atoms with Gasteiger partial charge in [0.1, 0.15) is 6.61 Å². The lowest BCUT2D eigenvalue weighted by Crippen LogP contribution is -2.17. The molecule has 0 aliphatic carbocycles. The molecule has 0 heterocycles. The molecule has 2 nitrogen and oxygen atoms in total. The molecule has 0 fully saturated rings. The Morgan fingerprint density at radius 2 is 1.89 bits per heavy atom. The minimum Gasteiger partial charge on any atom is -0.461 e. The fraction of sp³-hybridized carbons (Fsp3) is 0.706. The van der Waals surface area contributed by atoms with E-state index in [1.165, 1.54) is 5.57 Å². The third-order valence-corrected chi connectivity index (χ3v) is 3.11. The van der Waals surface area contributed by atoms with Gasteiger partial charge < -0.3 is 4.74 Å². The number of unbranched alkanes of at least 4 members (excludes halogenated alkanes) is 2. The SMILES string of the molecule is CCCCC(CC)C(=O)OC/C=C/CCC=C(C)C. The molecule has 0 saturated heterocycles. The molecular weight excluding hydrogens is 236 g/mol. The van der Waals surface area contributed by atoms with Gasteiger partial charge in [-0.2, -0.15) is 0 Å². The standard InChI is InChI=1S/C17H30O2/c1-5-7-13-16(6-2)17(18)19-14-11-9-8-10-12-15(3)4/h9,11-12,16H,5-8,10,13-14H2,1-4H3/b11-9+. The maximum absolute atomic E-state index is 11.8. The van der Waals surface area contributed by atoms with Crippen molar-refractivity contribution in [3.8, 4) is 0 Å². The van der Waals surface area contributed by atoms with E-state index in [-0.39, 0.29) is 11.9 Å². The fourth-order valence-electron chi connectivity index (χ4n) is 1.84. The van der Waals surface area contributed by atoms with E-state index in [1.807, 2.05) is 6.08 Å². The normalized spacial score (nSPS) is 12.4. The molecule has 0 amide bonds. The Morgan fingerprint density at radius 1 is 1.16 bits per heavy atom. The molecule has 0 aliphatic rings. The second-order valence-electron chi connectivity index (χ2n) is 5.21. The lowest BCUT2D eigenvalue weighted by Gasteiger charge is -2.12. The first-order valence-electron chi connectivity index (χ1n) is 7.56. The molecule has 2 heteroatoms. The highest BCUT2D eigenvalue weighted by Crippen LogP contribution is 2.14. The molecule has 1 atom stereocenters. The van der Waals surface area contributed by atoms with Crippen LogP contribution in [0.15, 0.2) is 23.8 Å². The van der Waals surface area contributed by atoms with Gasteiger partial charge in [0.05, 0.1) is 5.92 Å². The van der Waals surface area contributed by atoms with E-state index in [2.05, 4.69) is 39.8 Å². The summed E-state index contributed by atoms with van der Waals surface area (Å²) in [5, 5.41) is 0. The molecule has 19 heavy (non-hydrogen) atoms. The lowest BCUT2D eigenvalue weighted by molar-refractivity contribution is -0.147. The molecule has 0 rings (SSSR count). The first-order valence-corrected chi connectivity index (χ1v) is 7.56. The van der Waals surface area contributed by atoms with Gasteiger partial charge in [-0.15, -0.1) is 0 Å². The summed E-state index contributed by atoms with van der Waals surface area (Å²) >= 11 is 0. The highest BCUT2D eigenvalue weighted by atomic mass is 16.5. The van der Waals surface area contributed by atoms with E-state index in [1.54, 1.807) is 0 Å². The summed E-state index contributed by atoms with van der Waals surface area (Å²) in [6, 6.07) is 0. The average molecular weight is 266 g/mol.